The lowest BCUT2D eigenvalue weighted by atomic mass is 9.97. The largest absolute Gasteiger partial charge is 0.453 e. The average Bonchev–Trinajstić information content (AvgIpc) is 2.94. The number of halogens is 3. The van der Waals surface area contributed by atoms with Gasteiger partial charge in [-0.2, -0.15) is 0 Å². The van der Waals surface area contributed by atoms with Crippen LogP contribution < -0.4 is 0 Å². The normalized spacial score (nSPS) is 22.5. The minimum atomic E-state index is -2.25. The van der Waals surface area contributed by atoms with Gasteiger partial charge >= 0.3 is 11.9 Å². The van der Waals surface area contributed by atoms with E-state index in [-0.39, 0.29) is 30.9 Å². The molecule has 9 nitrogen and oxygen atoms in total. The van der Waals surface area contributed by atoms with Crippen molar-refractivity contribution in [3.63, 3.8) is 0 Å². The molecule has 2 aromatic carbocycles. The van der Waals surface area contributed by atoms with Crippen molar-refractivity contribution in [1.29, 1.82) is 5.41 Å². The van der Waals surface area contributed by atoms with E-state index in [0.29, 0.717) is 0 Å². The van der Waals surface area contributed by atoms with Gasteiger partial charge in [-0.3, -0.25) is 5.41 Å². The number of hydrogen-bond acceptors (Lipinski definition) is 9. The van der Waals surface area contributed by atoms with E-state index >= 15 is 0 Å². The summed E-state index contributed by atoms with van der Waals surface area (Å²) in [5, 5.41) is 8.10. The van der Waals surface area contributed by atoms with Crippen LogP contribution in [0, 0.1) is 5.41 Å². The van der Waals surface area contributed by atoms with Crippen molar-refractivity contribution >= 4 is 52.6 Å². The SMILES string of the molecule is C=CCOC[C@H]1O[C@H](OC(=N)C(Cl)(Cl)Cl)[C@@H](OC(=O)c2ccccc2)[C@@H](OCC=C)[C@@H]1OC(=O)c1ccccc1. The van der Waals surface area contributed by atoms with Gasteiger partial charge in [0.15, 0.2) is 12.2 Å². The molecule has 1 fully saturated rings. The van der Waals surface area contributed by atoms with Gasteiger partial charge in [0, 0.05) is 0 Å². The maximum atomic E-state index is 13.1. The number of carbonyl (C=O) groups excluding carboxylic acids is 2. The molecular formula is C28H28Cl3NO8. The van der Waals surface area contributed by atoms with Gasteiger partial charge in [0.1, 0.15) is 12.2 Å². The Hall–Kier alpha value is -2.92. The summed E-state index contributed by atoms with van der Waals surface area (Å²) in [6.07, 6.45) is -3.31. The van der Waals surface area contributed by atoms with E-state index in [1.165, 1.54) is 12.2 Å². The van der Waals surface area contributed by atoms with Crippen molar-refractivity contribution in [3.8, 4) is 0 Å². The first-order valence-corrected chi connectivity index (χ1v) is 13.2. The molecule has 1 heterocycles. The van der Waals surface area contributed by atoms with Crippen molar-refractivity contribution in [2.75, 3.05) is 19.8 Å². The second kappa shape index (κ2) is 15.2. The van der Waals surface area contributed by atoms with E-state index in [1.54, 1.807) is 60.7 Å². The molecule has 214 valence electrons. The molecule has 1 saturated heterocycles. The summed E-state index contributed by atoms with van der Waals surface area (Å²) in [5.74, 6) is -2.24. The van der Waals surface area contributed by atoms with Crippen LogP contribution in [0.2, 0.25) is 0 Å². The molecule has 0 spiro atoms. The number of esters is 2. The Kier molecular flexibility index (Phi) is 12.0. The Morgan fingerprint density at radius 1 is 0.825 bits per heavy atom. The lowest BCUT2D eigenvalue weighted by molar-refractivity contribution is -0.288. The number of ether oxygens (including phenoxy) is 6. The average molecular weight is 613 g/mol. The molecular weight excluding hydrogens is 585 g/mol. The van der Waals surface area contributed by atoms with Crippen LogP contribution in [0.4, 0.5) is 0 Å². The van der Waals surface area contributed by atoms with Gasteiger partial charge in [-0.05, 0) is 24.3 Å². The van der Waals surface area contributed by atoms with Crippen LogP contribution in [0.1, 0.15) is 20.7 Å². The van der Waals surface area contributed by atoms with Gasteiger partial charge in [-0.25, -0.2) is 9.59 Å². The van der Waals surface area contributed by atoms with Crippen molar-refractivity contribution in [2.24, 2.45) is 0 Å². The van der Waals surface area contributed by atoms with Crippen molar-refractivity contribution in [2.45, 2.75) is 34.5 Å². The third-order valence-electron chi connectivity index (χ3n) is 5.51. The minimum Gasteiger partial charge on any atom is -0.453 e. The number of nitrogens with one attached hydrogen (secondary N) is 1. The molecule has 0 aliphatic carbocycles. The van der Waals surface area contributed by atoms with E-state index in [4.69, 9.17) is 68.6 Å². The highest BCUT2D eigenvalue weighted by molar-refractivity contribution is 6.76. The second-order valence-corrected chi connectivity index (χ2v) is 10.7. The summed E-state index contributed by atoms with van der Waals surface area (Å²) >= 11 is 17.5. The molecule has 0 unspecified atom stereocenters. The number of hydrogen-bond donors (Lipinski definition) is 1. The molecule has 1 aliphatic rings. The van der Waals surface area contributed by atoms with Gasteiger partial charge in [0.05, 0.1) is 30.9 Å². The fraction of sp³-hybridized carbons (Fsp3) is 0.321. The molecule has 2 aromatic rings. The lowest BCUT2D eigenvalue weighted by Crippen LogP contribution is -2.63. The third-order valence-corrected chi connectivity index (χ3v) is 6.03. The maximum absolute atomic E-state index is 13.1. The van der Waals surface area contributed by atoms with Crippen LogP contribution in [0.3, 0.4) is 0 Å². The molecule has 1 aliphatic heterocycles. The summed E-state index contributed by atoms with van der Waals surface area (Å²) < 4.78 is 32.6. The van der Waals surface area contributed by atoms with Gasteiger partial charge in [0.2, 0.25) is 12.2 Å². The monoisotopic (exact) mass is 611 g/mol. The summed E-state index contributed by atoms with van der Waals surface area (Å²) in [7, 11) is 0. The Bertz CT molecular complexity index is 1160. The maximum Gasteiger partial charge on any atom is 0.338 e. The summed E-state index contributed by atoms with van der Waals surface area (Å²) in [5.41, 5.74) is 0.486. The Morgan fingerprint density at radius 2 is 1.35 bits per heavy atom. The highest BCUT2D eigenvalue weighted by Crippen LogP contribution is 2.34. The van der Waals surface area contributed by atoms with Crippen molar-refractivity contribution < 1.29 is 38.0 Å². The zero-order chi connectivity index (χ0) is 29.1. The van der Waals surface area contributed by atoms with Crippen LogP contribution in [0.15, 0.2) is 86.0 Å². The van der Waals surface area contributed by atoms with E-state index < -0.39 is 52.3 Å². The Labute approximate surface area is 247 Å². The summed E-state index contributed by atoms with van der Waals surface area (Å²) in [6.45, 7) is 7.29. The van der Waals surface area contributed by atoms with Gasteiger partial charge < -0.3 is 28.4 Å². The predicted molar refractivity (Wildman–Crippen MR) is 150 cm³/mol. The molecule has 3 rings (SSSR count). The first-order valence-electron chi connectivity index (χ1n) is 12.1. The Balaban J connectivity index is 2.02. The molecule has 0 bridgehead atoms. The zero-order valence-electron chi connectivity index (χ0n) is 21.3. The molecule has 1 N–H and O–H groups in total. The molecule has 12 heteroatoms. The smallest absolute Gasteiger partial charge is 0.338 e. The van der Waals surface area contributed by atoms with Gasteiger partial charge in [-0.15, -0.1) is 13.2 Å². The molecule has 0 saturated carbocycles. The van der Waals surface area contributed by atoms with Crippen LogP contribution in [-0.4, -0.2) is 72.2 Å². The molecule has 40 heavy (non-hydrogen) atoms. The van der Waals surface area contributed by atoms with E-state index in [9.17, 15) is 9.59 Å². The van der Waals surface area contributed by atoms with Gasteiger partial charge in [-0.1, -0.05) is 83.4 Å². The van der Waals surface area contributed by atoms with E-state index in [1.807, 2.05) is 0 Å². The van der Waals surface area contributed by atoms with Crippen LogP contribution in [-0.2, 0) is 28.4 Å². The topological polar surface area (TPSA) is 113 Å². The first-order chi connectivity index (χ1) is 19.2. The standard InChI is InChI=1S/C28H28Cl3NO8/c1-3-15-35-17-20-21(38-24(33)18-11-7-5-8-12-18)22(36-16-4-2)23(26(37-20)40-27(32)28(29,30)31)39-25(34)19-13-9-6-10-14-19/h3-14,20-23,26,32H,1-2,15-17H2/t20-,21-,22+,23+,26-/m1/s1. The fourth-order valence-corrected chi connectivity index (χ4v) is 3.86. The fourth-order valence-electron chi connectivity index (χ4n) is 3.73. The predicted octanol–water partition coefficient (Wildman–Crippen LogP) is 5.30. The highest BCUT2D eigenvalue weighted by Gasteiger charge is 2.53. The number of alkyl halides is 3. The highest BCUT2D eigenvalue weighted by atomic mass is 35.6. The number of carbonyl (C=O) groups is 2. The van der Waals surface area contributed by atoms with Gasteiger partial charge in [0.25, 0.3) is 3.79 Å². The van der Waals surface area contributed by atoms with Crippen LogP contribution in [0.25, 0.3) is 0 Å². The third kappa shape index (κ3) is 8.79. The lowest BCUT2D eigenvalue weighted by Gasteiger charge is -2.44. The Morgan fingerprint density at radius 3 is 1.85 bits per heavy atom. The van der Waals surface area contributed by atoms with E-state index in [0.717, 1.165) is 0 Å². The quantitative estimate of drug-likeness (QED) is 0.0858. The van der Waals surface area contributed by atoms with Crippen molar-refractivity contribution in [3.05, 3.63) is 97.1 Å². The minimum absolute atomic E-state index is 0.0295. The summed E-state index contributed by atoms with van der Waals surface area (Å²) in [6, 6.07) is 16.4. The summed E-state index contributed by atoms with van der Waals surface area (Å²) in [4.78, 5) is 26.2. The molecule has 5 atom stereocenters. The first kappa shape index (κ1) is 31.6. The number of rotatable bonds is 12. The van der Waals surface area contributed by atoms with Crippen LogP contribution >= 0.6 is 34.8 Å². The zero-order valence-corrected chi connectivity index (χ0v) is 23.5. The molecule has 0 aromatic heterocycles. The molecule has 0 amide bonds. The van der Waals surface area contributed by atoms with E-state index in [2.05, 4.69) is 13.2 Å². The van der Waals surface area contributed by atoms with Crippen LogP contribution in [0.5, 0.6) is 0 Å². The number of benzene rings is 2. The molecule has 0 radical (unpaired) electrons. The second-order valence-electron chi connectivity index (χ2n) is 8.37. The van der Waals surface area contributed by atoms with Crippen molar-refractivity contribution in [1.82, 2.24) is 0 Å².